The van der Waals surface area contributed by atoms with Crippen molar-refractivity contribution in [3.05, 3.63) is 35.4 Å². The van der Waals surface area contributed by atoms with Gasteiger partial charge < -0.3 is 5.11 Å². The number of aliphatic hydroxyl groups is 1. The molecule has 0 bridgehead atoms. The van der Waals surface area contributed by atoms with Gasteiger partial charge in [0.15, 0.2) is 0 Å². The van der Waals surface area contributed by atoms with Crippen molar-refractivity contribution in [1.29, 1.82) is 0 Å². The zero-order valence-corrected chi connectivity index (χ0v) is 9.66. The highest BCUT2D eigenvalue weighted by atomic mass is 16.3. The Morgan fingerprint density at radius 2 is 1.87 bits per heavy atom. The zero-order chi connectivity index (χ0) is 10.9. The number of benzene rings is 1. The molecule has 1 N–H and O–H groups in total. The van der Waals surface area contributed by atoms with Crippen LogP contribution in [0.3, 0.4) is 0 Å². The quantitative estimate of drug-likeness (QED) is 0.780. The molecule has 0 aliphatic heterocycles. The fraction of sp³-hybridized carbons (Fsp3) is 0.571. The van der Waals surface area contributed by atoms with E-state index in [0.717, 1.165) is 11.5 Å². The molecule has 0 spiro atoms. The highest BCUT2D eigenvalue weighted by molar-refractivity contribution is 5.30. The summed E-state index contributed by atoms with van der Waals surface area (Å²) < 4.78 is 0. The summed E-state index contributed by atoms with van der Waals surface area (Å²) in [5.41, 5.74) is 1.73. The van der Waals surface area contributed by atoms with E-state index in [9.17, 15) is 5.11 Å². The summed E-state index contributed by atoms with van der Waals surface area (Å²) in [6.07, 6.45) is 5.35. The van der Waals surface area contributed by atoms with Crippen molar-refractivity contribution in [2.24, 2.45) is 0 Å². The Morgan fingerprint density at radius 3 is 2.47 bits per heavy atom. The van der Waals surface area contributed by atoms with Crippen LogP contribution in [0.2, 0.25) is 0 Å². The SMILES string of the molecule is CC(C)(O)c1cccc(C2CCCC2)c1. The first-order chi connectivity index (χ1) is 7.07. The number of hydrogen-bond acceptors (Lipinski definition) is 1. The molecular formula is C14H20O. The molecule has 1 aromatic rings. The second-order valence-electron chi connectivity index (χ2n) is 5.17. The van der Waals surface area contributed by atoms with Crippen LogP contribution in [0.4, 0.5) is 0 Å². The first-order valence-electron chi connectivity index (χ1n) is 5.90. The lowest BCUT2D eigenvalue weighted by atomic mass is 9.91. The van der Waals surface area contributed by atoms with Gasteiger partial charge in [0, 0.05) is 0 Å². The third kappa shape index (κ3) is 2.40. The summed E-state index contributed by atoms with van der Waals surface area (Å²) in [4.78, 5) is 0. The molecule has 1 aliphatic rings. The van der Waals surface area contributed by atoms with Gasteiger partial charge in [0.25, 0.3) is 0 Å². The minimum absolute atomic E-state index is 0.714. The van der Waals surface area contributed by atoms with E-state index in [1.54, 1.807) is 0 Å². The van der Waals surface area contributed by atoms with Crippen molar-refractivity contribution in [3.8, 4) is 0 Å². The Bertz CT molecular complexity index is 329. The summed E-state index contributed by atoms with van der Waals surface area (Å²) in [7, 11) is 0. The summed E-state index contributed by atoms with van der Waals surface area (Å²) >= 11 is 0. The van der Waals surface area contributed by atoms with Crippen LogP contribution < -0.4 is 0 Å². The van der Waals surface area contributed by atoms with Crippen molar-refractivity contribution in [2.75, 3.05) is 0 Å². The van der Waals surface area contributed by atoms with E-state index in [1.165, 1.54) is 31.2 Å². The molecule has 0 heterocycles. The predicted molar refractivity (Wildman–Crippen MR) is 62.9 cm³/mol. The molecule has 1 saturated carbocycles. The highest BCUT2D eigenvalue weighted by Crippen LogP contribution is 2.35. The van der Waals surface area contributed by atoms with Crippen molar-refractivity contribution in [1.82, 2.24) is 0 Å². The predicted octanol–water partition coefficient (Wildman–Crippen LogP) is 3.57. The van der Waals surface area contributed by atoms with Gasteiger partial charge in [0.05, 0.1) is 5.60 Å². The molecule has 0 aromatic heterocycles. The molecule has 1 aromatic carbocycles. The molecule has 0 radical (unpaired) electrons. The van der Waals surface area contributed by atoms with E-state index < -0.39 is 5.60 Å². The molecule has 0 atom stereocenters. The first kappa shape index (κ1) is 10.7. The maximum absolute atomic E-state index is 9.96. The van der Waals surface area contributed by atoms with Crippen molar-refractivity contribution < 1.29 is 5.11 Å². The molecule has 2 rings (SSSR count). The summed E-state index contributed by atoms with van der Waals surface area (Å²) in [6.45, 7) is 3.70. The largest absolute Gasteiger partial charge is 0.386 e. The highest BCUT2D eigenvalue weighted by Gasteiger charge is 2.20. The Labute approximate surface area is 92.1 Å². The third-order valence-electron chi connectivity index (χ3n) is 3.42. The second-order valence-corrected chi connectivity index (χ2v) is 5.17. The normalized spacial score (nSPS) is 18.3. The van der Waals surface area contributed by atoms with Gasteiger partial charge >= 0.3 is 0 Å². The molecular weight excluding hydrogens is 184 g/mol. The van der Waals surface area contributed by atoms with Crippen molar-refractivity contribution >= 4 is 0 Å². The molecule has 1 heteroatoms. The molecule has 0 unspecified atom stereocenters. The van der Waals surface area contributed by atoms with Crippen molar-refractivity contribution in [2.45, 2.75) is 51.0 Å². The van der Waals surface area contributed by atoms with Gasteiger partial charge in [-0.2, -0.15) is 0 Å². The van der Waals surface area contributed by atoms with Gasteiger partial charge in [-0.3, -0.25) is 0 Å². The monoisotopic (exact) mass is 204 g/mol. The topological polar surface area (TPSA) is 20.2 Å². The number of rotatable bonds is 2. The van der Waals surface area contributed by atoms with E-state index in [2.05, 4.69) is 18.2 Å². The molecule has 82 valence electrons. The zero-order valence-electron chi connectivity index (χ0n) is 9.66. The Morgan fingerprint density at radius 1 is 1.20 bits per heavy atom. The smallest absolute Gasteiger partial charge is 0.0840 e. The van der Waals surface area contributed by atoms with Gasteiger partial charge in [-0.05, 0) is 43.7 Å². The third-order valence-corrected chi connectivity index (χ3v) is 3.42. The van der Waals surface area contributed by atoms with Crippen LogP contribution in [0.1, 0.15) is 56.6 Å². The van der Waals surface area contributed by atoms with Gasteiger partial charge in [0.1, 0.15) is 0 Å². The van der Waals surface area contributed by atoms with E-state index >= 15 is 0 Å². The lowest BCUT2D eigenvalue weighted by molar-refractivity contribution is 0.0785. The average Bonchev–Trinajstić information content (AvgIpc) is 2.69. The van der Waals surface area contributed by atoms with Crippen LogP contribution in [0, 0.1) is 0 Å². The molecule has 0 amide bonds. The van der Waals surface area contributed by atoms with Gasteiger partial charge in [-0.15, -0.1) is 0 Å². The first-order valence-corrected chi connectivity index (χ1v) is 5.90. The van der Waals surface area contributed by atoms with Crippen LogP contribution in [-0.2, 0) is 5.60 Å². The van der Waals surface area contributed by atoms with E-state index in [1.807, 2.05) is 19.9 Å². The number of hydrogen-bond donors (Lipinski definition) is 1. The Kier molecular flexibility index (Phi) is 2.83. The molecule has 15 heavy (non-hydrogen) atoms. The van der Waals surface area contributed by atoms with Crippen LogP contribution >= 0.6 is 0 Å². The van der Waals surface area contributed by atoms with E-state index in [-0.39, 0.29) is 0 Å². The van der Waals surface area contributed by atoms with Gasteiger partial charge in [-0.1, -0.05) is 37.1 Å². The Hall–Kier alpha value is -0.820. The Balaban J connectivity index is 2.26. The van der Waals surface area contributed by atoms with E-state index in [4.69, 9.17) is 0 Å². The van der Waals surface area contributed by atoms with Crippen LogP contribution in [0.25, 0.3) is 0 Å². The summed E-state index contributed by atoms with van der Waals surface area (Å²) in [5.74, 6) is 0.729. The minimum atomic E-state index is -0.714. The van der Waals surface area contributed by atoms with Crippen LogP contribution in [0.5, 0.6) is 0 Å². The van der Waals surface area contributed by atoms with E-state index in [0.29, 0.717) is 0 Å². The maximum Gasteiger partial charge on any atom is 0.0840 e. The standard InChI is InChI=1S/C14H20O/c1-14(2,15)13-9-5-8-12(10-13)11-6-3-4-7-11/h5,8-11,15H,3-4,6-7H2,1-2H3. The van der Waals surface area contributed by atoms with Crippen LogP contribution in [-0.4, -0.2) is 5.11 Å². The average molecular weight is 204 g/mol. The molecule has 1 aliphatic carbocycles. The van der Waals surface area contributed by atoms with Gasteiger partial charge in [0.2, 0.25) is 0 Å². The summed E-state index contributed by atoms with van der Waals surface area (Å²) in [6, 6.07) is 8.46. The minimum Gasteiger partial charge on any atom is -0.386 e. The molecule has 1 fully saturated rings. The molecule has 1 nitrogen and oxygen atoms in total. The second kappa shape index (κ2) is 3.97. The summed E-state index contributed by atoms with van der Waals surface area (Å²) in [5, 5.41) is 9.96. The van der Waals surface area contributed by atoms with Crippen LogP contribution in [0.15, 0.2) is 24.3 Å². The fourth-order valence-electron chi connectivity index (χ4n) is 2.43. The lowest BCUT2D eigenvalue weighted by Crippen LogP contribution is -2.15. The van der Waals surface area contributed by atoms with Crippen molar-refractivity contribution in [3.63, 3.8) is 0 Å². The fourth-order valence-corrected chi connectivity index (χ4v) is 2.43. The molecule has 0 saturated heterocycles. The van der Waals surface area contributed by atoms with Gasteiger partial charge in [-0.25, -0.2) is 0 Å². The lowest BCUT2D eigenvalue weighted by Gasteiger charge is -2.20. The maximum atomic E-state index is 9.96.